The molecule has 1 aliphatic rings. The molecule has 7 nitrogen and oxygen atoms in total. The van der Waals surface area contributed by atoms with Crippen molar-refractivity contribution in [3.8, 4) is 0 Å². The Labute approximate surface area is 189 Å². The molecule has 0 unspecified atom stereocenters. The number of benzene rings is 1. The molecule has 4 rings (SSSR count). The lowest BCUT2D eigenvalue weighted by atomic mass is 10.1. The van der Waals surface area contributed by atoms with Gasteiger partial charge in [0.25, 0.3) is 5.91 Å². The highest BCUT2D eigenvalue weighted by Crippen LogP contribution is 2.39. The number of thioether (sulfide) groups is 1. The minimum absolute atomic E-state index is 0.178. The van der Waals surface area contributed by atoms with E-state index in [-0.39, 0.29) is 5.91 Å². The summed E-state index contributed by atoms with van der Waals surface area (Å²) in [4.78, 5) is 26.0. The fourth-order valence-corrected chi connectivity index (χ4v) is 6.04. The molecule has 0 radical (unpaired) electrons. The molecule has 1 aliphatic carbocycles. The standard InChI is InChI=1S/C22H25N5O2S2/c1-3-27-17(12-14-8-5-4-6-9-14)25-26-22(27)30-13(2)20(29)24-21-18(19(23)28)15-10-7-11-16(15)31-21/h4-6,8-9,13H,3,7,10-12H2,1-2H3,(H2,23,28)(H,24,29)/t13-/m1/s1. The van der Waals surface area contributed by atoms with Crippen molar-refractivity contribution in [1.82, 2.24) is 14.8 Å². The van der Waals surface area contributed by atoms with Crippen LogP contribution < -0.4 is 11.1 Å². The second-order valence-corrected chi connectivity index (χ2v) is 9.89. The number of thiophene rings is 1. The largest absolute Gasteiger partial charge is 0.365 e. The summed E-state index contributed by atoms with van der Waals surface area (Å²) in [6.07, 6.45) is 3.49. The average molecular weight is 456 g/mol. The molecule has 162 valence electrons. The maximum absolute atomic E-state index is 12.9. The lowest BCUT2D eigenvalue weighted by Crippen LogP contribution is -2.24. The minimum Gasteiger partial charge on any atom is -0.365 e. The average Bonchev–Trinajstić information content (AvgIpc) is 3.43. The van der Waals surface area contributed by atoms with Crippen LogP contribution in [0.4, 0.5) is 5.00 Å². The molecular formula is C22H25N5O2S2. The number of amides is 2. The lowest BCUT2D eigenvalue weighted by molar-refractivity contribution is -0.115. The first-order valence-electron chi connectivity index (χ1n) is 10.4. The first-order valence-corrected chi connectivity index (χ1v) is 12.0. The van der Waals surface area contributed by atoms with E-state index in [9.17, 15) is 9.59 Å². The molecule has 2 heterocycles. The fraction of sp³-hybridized carbons (Fsp3) is 0.364. The van der Waals surface area contributed by atoms with Crippen LogP contribution in [0.1, 0.15) is 52.5 Å². The third kappa shape index (κ3) is 4.52. The van der Waals surface area contributed by atoms with Gasteiger partial charge in [0.2, 0.25) is 5.91 Å². The SMILES string of the molecule is CCn1c(Cc2ccccc2)nnc1S[C@H](C)C(=O)Nc1sc2c(c1C(N)=O)CCC2. The second kappa shape index (κ2) is 9.23. The van der Waals surface area contributed by atoms with Crippen molar-refractivity contribution >= 4 is 39.9 Å². The van der Waals surface area contributed by atoms with Gasteiger partial charge in [-0.15, -0.1) is 21.5 Å². The number of nitrogens with two attached hydrogens (primary N) is 1. The van der Waals surface area contributed by atoms with E-state index < -0.39 is 11.2 Å². The number of anilines is 1. The van der Waals surface area contributed by atoms with E-state index in [1.54, 1.807) is 0 Å². The number of aromatic nitrogens is 3. The molecule has 31 heavy (non-hydrogen) atoms. The van der Waals surface area contributed by atoms with Gasteiger partial charge in [-0.3, -0.25) is 9.59 Å². The summed E-state index contributed by atoms with van der Waals surface area (Å²) in [7, 11) is 0. The Morgan fingerprint density at radius 2 is 2.03 bits per heavy atom. The Kier molecular flexibility index (Phi) is 6.43. The predicted molar refractivity (Wildman–Crippen MR) is 124 cm³/mol. The third-order valence-electron chi connectivity index (χ3n) is 5.37. The van der Waals surface area contributed by atoms with Gasteiger partial charge < -0.3 is 15.6 Å². The van der Waals surface area contributed by atoms with Crippen LogP contribution in [-0.4, -0.2) is 31.8 Å². The highest BCUT2D eigenvalue weighted by molar-refractivity contribution is 8.00. The Hall–Kier alpha value is -2.65. The van der Waals surface area contributed by atoms with Crippen LogP contribution in [0.25, 0.3) is 0 Å². The summed E-state index contributed by atoms with van der Waals surface area (Å²) in [6.45, 7) is 4.59. The smallest absolute Gasteiger partial charge is 0.251 e. The fourth-order valence-electron chi connectivity index (χ4n) is 3.81. The molecule has 0 bridgehead atoms. The number of primary amides is 1. The van der Waals surface area contributed by atoms with Crippen molar-refractivity contribution in [3.63, 3.8) is 0 Å². The molecule has 3 N–H and O–H groups in total. The van der Waals surface area contributed by atoms with Gasteiger partial charge in [0.05, 0.1) is 10.8 Å². The van der Waals surface area contributed by atoms with Crippen molar-refractivity contribution in [2.45, 2.75) is 56.5 Å². The zero-order chi connectivity index (χ0) is 22.0. The van der Waals surface area contributed by atoms with E-state index >= 15 is 0 Å². The van der Waals surface area contributed by atoms with Crippen LogP contribution in [-0.2, 0) is 30.6 Å². The zero-order valence-electron chi connectivity index (χ0n) is 17.6. The summed E-state index contributed by atoms with van der Waals surface area (Å²) in [6, 6.07) is 10.1. The van der Waals surface area contributed by atoms with Gasteiger partial charge in [0.1, 0.15) is 10.8 Å². The highest BCUT2D eigenvalue weighted by atomic mass is 32.2. The summed E-state index contributed by atoms with van der Waals surface area (Å²) in [5.41, 5.74) is 8.25. The number of carbonyl (C=O) groups is 2. The van der Waals surface area contributed by atoms with Crippen LogP contribution in [0, 0.1) is 0 Å². The van der Waals surface area contributed by atoms with Gasteiger partial charge in [-0.05, 0) is 44.2 Å². The molecule has 0 saturated carbocycles. The van der Waals surface area contributed by atoms with E-state index in [0.717, 1.165) is 47.6 Å². The topological polar surface area (TPSA) is 103 Å². The van der Waals surface area contributed by atoms with Gasteiger partial charge in [-0.25, -0.2) is 0 Å². The Morgan fingerprint density at radius 1 is 1.26 bits per heavy atom. The number of nitrogens with one attached hydrogen (secondary N) is 1. The molecular weight excluding hydrogens is 430 g/mol. The van der Waals surface area contributed by atoms with Crippen molar-refractivity contribution in [3.05, 3.63) is 57.7 Å². The first kappa shape index (κ1) is 21.6. The van der Waals surface area contributed by atoms with Gasteiger partial charge in [-0.2, -0.15) is 0 Å². The Morgan fingerprint density at radius 3 is 2.74 bits per heavy atom. The van der Waals surface area contributed by atoms with E-state index in [2.05, 4.69) is 27.6 Å². The van der Waals surface area contributed by atoms with Crippen molar-refractivity contribution in [1.29, 1.82) is 0 Å². The lowest BCUT2D eigenvalue weighted by Gasteiger charge is -2.13. The number of hydrogen-bond acceptors (Lipinski definition) is 6. The maximum atomic E-state index is 12.9. The van der Waals surface area contributed by atoms with Crippen molar-refractivity contribution < 1.29 is 9.59 Å². The normalized spacial score (nSPS) is 13.7. The van der Waals surface area contributed by atoms with Crippen molar-refractivity contribution in [2.24, 2.45) is 5.73 Å². The second-order valence-electron chi connectivity index (χ2n) is 7.48. The van der Waals surface area contributed by atoms with E-state index in [1.165, 1.54) is 23.1 Å². The zero-order valence-corrected chi connectivity index (χ0v) is 19.2. The number of carbonyl (C=O) groups excluding carboxylic acids is 2. The highest BCUT2D eigenvalue weighted by Gasteiger charge is 2.28. The summed E-state index contributed by atoms with van der Waals surface area (Å²) in [5, 5.41) is 12.5. The van der Waals surface area contributed by atoms with E-state index in [1.807, 2.05) is 36.6 Å². The molecule has 9 heteroatoms. The van der Waals surface area contributed by atoms with Gasteiger partial charge in [0.15, 0.2) is 5.16 Å². The molecule has 1 atom stereocenters. The van der Waals surface area contributed by atoms with Gasteiger partial charge in [-0.1, -0.05) is 42.1 Å². The summed E-state index contributed by atoms with van der Waals surface area (Å²) < 4.78 is 2.04. The monoisotopic (exact) mass is 455 g/mol. The van der Waals surface area contributed by atoms with Crippen LogP contribution in [0.2, 0.25) is 0 Å². The molecule has 0 aliphatic heterocycles. The third-order valence-corrected chi connectivity index (χ3v) is 7.66. The number of fused-ring (bicyclic) bond motifs is 1. The molecule has 0 fully saturated rings. The number of nitrogens with zero attached hydrogens (tertiary/aromatic N) is 3. The number of aryl methyl sites for hydroxylation is 1. The molecule has 0 spiro atoms. The van der Waals surface area contributed by atoms with Gasteiger partial charge in [0, 0.05) is 17.8 Å². The predicted octanol–water partition coefficient (Wildman–Crippen LogP) is 3.66. The summed E-state index contributed by atoms with van der Waals surface area (Å²) >= 11 is 2.83. The van der Waals surface area contributed by atoms with Crippen LogP contribution in [0.5, 0.6) is 0 Å². The van der Waals surface area contributed by atoms with E-state index in [4.69, 9.17) is 5.73 Å². The van der Waals surface area contributed by atoms with Crippen LogP contribution in [0.15, 0.2) is 35.5 Å². The Bertz CT molecular complexity index is 1110. The minimum atomic E-state index is -0.480. The molecule has 3 aromatic rings. The quantitative estimate of drug-likeness (QED) is 0.505. The molecule has 2 amide bonds. The van der Waals surface area contributed by atoms with Crippen molar-refractivity contribution in [2.75, 3.05) is 5.32 Å². The first-order chi connectivity index (χ1) is 15.0. The molecule has 0 saturated heterocycles. The summed E-state index contributed by atoms with van der Waals surface area (Å²) in [5.74, 6) is 0.212. The number of hydrogen-bond donors (Lipinski definition) is 2. The van der Waals surface area contributed by atoms with Crippen LogP contribution >= 0.6 is 23.1 Å². The van der Waals surface area contributed by atoms with Gasteiger partial charge >= 0.3 is 0 Å². The molecule has 1 aromatic carbocycles. The maximum Gasteiger partial charge on any atom is 0.251 e. The molecule has 2 aromatic heterocycles. The number of rotatable bonds is 8. The Balaban J connectivity index is 1.47. The van der Waals surface area contributed by atoms with Crippen LogP contribution in [0.3, 0.4) is 0 Å². The van der Waals surface area contributed by atoms with E-state index in [0.29, 0.717) is 22.1 Å².